The van der Waals surface area contributed by atoms with Gasteiger partial charge in [0.15, 0.2) is 0 Å². The van der Waals surface area contributed by atoms with Crippen molar-refractivity contribution in [3.63, 3.8) is 0 Å². The van der Waals surface area contributed by atoms with Crippen LogP contribution >= 0.6 is 10.7 Å². The van der Waals surface area contributed by atoms with Crippen LogP contribution in [-0.2, 0) is 23.8 Å². The average Bonchev–Trinajstić information content (AvgIpc) is 2.34. The molecule has 20 heavy (non-hydrogen) atoms. The van der Waals surface area contributed by atoms with E-state index in [2.05, 4.69) is 9.46 Å². The van der Waals surface area contributed by atoms with Crippen LogP contribution in [0.2, 0.25) is 0 Å². The quantitative estimate of drug-likeness (QED) is 0.742. The molecule has 114 valence electrons. The van der Waals surface area contributed by atoms with Crippen LogP contribution in [-0.4, -0.2) is 43.4 Å². The third-order valence-electron chi connectivity index (χ3n) is 2.26. The minimum atomic E-state index is -3.97. The molecule has 7 nitrogen and oxygen atoms in total. The summed E-state index contributed by atoms with van der Waals surface area (Å²) in [6, 6.07) is 3.68. The standard InChI is InChI=1S/C10H14ClNO6S2/c1-17-5-6-19(13,14)12-8-3-4-10(20(11,15)16)9(7-8)18-2/h3-4,7,12H,5-6H2,1-2H3. The van der Waals surface area contributed by atoms with Crippen LogP contribution in [0, 0.1) is 0 Å². The van der Waals surface area contributed by atoms with Gasteiger partial charge in [0.25, 0.3) is 9.05 Å². The van der Waals surface area contributed by atoms with E-state index in [9.17, 15) is 16.8 Å². The maximum absolute atomic E-state index is 11.7. The van der Waals surface area contributed by atoms with Crippen molar-refractivity contribution >= 4 is 35.4 Å². The highest BCUT2D eigenvalue weighted by molar-refractivity contribution is 8.13. The van der Waals surface area contributed by atoms with Gasteiger partial charge in [0.2, 0.25) is 10.0 Å². The van der Waals surface area contributed by atoms with E-state index in [0.29, 0.717) is 0 Å². The van der Waals surface area contributed by atoms with Gasteiger partial charge in [0, 0.05) is 23.9 Å². The molecule has 1 N–H and O–H groups in total. The lowest BCUT2D eigenvalue weighted by atomic mass is 10.3. The molecule has 0 unspecified atom stereocenters. The summed E-state index contributed by atoms with van der Waals surface area (Å²) in [7, 11) is 0.322. The van der Waals surface area contributed by atoms with Crippen molar-refractivity contribution in [2.75, 3.05) is 31.3 Å². The van der Waals surface area contributed by atoms with E-state index in [1.54, 1.807) is 0 Å². The number of halogens is 1. The van der Waals surface area contributed by atoms with Crippen molar-refractivity contribution in [1.29, 1.82) is 0 Å². The molecule has 0 atom stereocenters. The summed E-state index contributed by atoms with van der Waals surface area (Å²) >= 11 is 0. The van der Waals surface area contributed by atoms with E-state index in [1.807, 2.05) is 0 Å². The molecule has 1 aromatic carbocycles. The molecule has 0 heterocycles. The van der Waals surface area contributed by atoms with Crippen LogP contribution < -0.4 is 9.46 Å². The summed E-state index contributed by atoms with van der Waals surface area (Å²) < 4.78 is 57.7. The Morgan fingerprint density at radius 2 is 1.85 bits per heavy atom. The SMILES string of the molecule is COCCS(=O)(=O)Nc1ccc(S(=O)(=O)Cl)c(OC)c1. The third kappa shape index (κ3) is 4.82. The van der Waals surface area contributed by atoms with Crippen molar-refractivity contribution in [3.05, 3.63) is 18.2 Å². The van der Waals surface area contributed by atoms with Gasteiger partial charge in [-0.25, -0.2) is 16.8 Å². The lowest BCUT2D eigenvalue weighted by Crippen LogP contribution is -2.19. The van der Waals surface area contributed by atoms with Crippen LogP contribution in [0.25, 0.3) is 0 Å². The van der Waals surface area contributed by atoms with Gasteiger partial charge in [-0.2, -0.15) is 0 Å². The second-order valence-electron chi connectivity index (χ2n) is 3.72. The minimum Gasteiger partial charge on any atom is -0.495 e. The van der Waals surface area contributed by atoms with Crippen molar-refractivity contribution in [1.82, 2.24) is 0 Å². The second-order valence-corrected chi connectivity index (χ2v) is 8.09. The number of hydrogen-bond acceptors (Lipinski definition) is 6. The molecule has 10 heteroatoms. The summed E-state index contributed by atoms with van der Waals surface area (Å²) in [4.78, 5) is -0.235. The van der Waals surface area contributed by atoms with E-state index in [4.69, 9.17) is 15.4 Å². The van der Waals surface area contributed by atoms with E-state index in [0.717, 1.165) is 6.07 Å². The largest absolute Gasteiger partial charge is 0.495 e. The number of benzene rings is 1. The van der Waals surface area contributed by atoms with Crippen LogP contribution in [0.5, 0.6) is 5.75 Å². The monoisotopic (exact) mass is 343 g/mol. The molecule has 1 aromatic rings. The predicted octanol–water partition coefficient (Wildman–Crippen LogP) is 1.01. The van der Waals surface area contributed by atoms with Gasteiger partial charge in [-0.1, -0.05) is 0 Å². The summed E-state index contributed by atoms with van der Waals surface area (Å²) in [5.41, 5.74) is 0.169. The Hall–Kier alpha value is -1.03. The molecule has 0 aliphatic carbocycles. The molecule has 0 amide bonds. The van der Waals surface area contributed by atoms with Gasteiger partial charge < -0.3 is 9.47 Å². The van der Waals surface area contributed by atoms with Crippen molar-refractivity contribution in [2.45, 2.75) is 4.90 Å². The van der Waals surface area contributed by atoms with E-state index < -0.39 is 19.1 Å². The zero-order chi connectivity index (χ0) is 15.4. The third-order valence-corrected chi connectivity index (χ3v) is 4.87. The lowest BCUT2D eigenvalue weighted by molar-refractivity contribution is 0.217. The van der Waals surface area contributed by atoms with Gasteiger partial charge in [0.05, 0.1) is 25.2 Å². The smallest absolute Gasteiger partial charge is 0.264 e. The summed E-state index contributed by atoms with van der Waals surface area (Å²) in [6.45, 7) is 0.0423. The Labute approximate surface area is 122 Å². The molecular weight excluding hydrogens is 330 g/mol. The van der Waals surface area contributed by atoms with Gasteiger partial charge in [0.1, 0.15) is 10.6 Å². The highest BCUT2D eigenvalue weighted by atomic mass is 35.7. The van der Waals surface area contributed by atoms with E-state index in [1.165, 1.54) is 26.4 Å². The Morgan fingerprint density at radius 3 is 2.35 bits per heavy atom. The first-order valence-corrected chi connectivity index (χ1v) is 9.28. The zero-order valence-corrected chi connectivity index (χ0v) is 13.2. The number of rotatable bonds is 7. The number of sulfonamides is 1. The molecule has 0 aromatic heterocycles. The summed E-state index contributed by atoms with van der Waals surface area (Å²) in [5, 5.41) is 0. The Balaban J connectivity index is 3.06. The van der Waals surface area contributed by atoms with Gasteiger partial charge in [-0.3, -0.25) is 4.72 Å². The second kappa shape index (κ2) is 6.61. The van der Waals surface area contributed by atoms with E-state index >= 15 is 0 Å². The molecule has 0 spiro atoms. The molecule has 1 rings (SSSR count). The van der Waals surface area contributed by atoms with Gasteiger partial charge >= 0.3 is 0 Å². The Bertz CT molecular complexity index is 671. The van der Waals surface area contributed by atoms with Gasteiger partial charge in [-0.05, 0) is 12.1 Å². The first-order chi connectivity index (χ1) is 9.19. The van der Waals surface area contributed by atoms with Gasteiger partial charge in [-0.15, -0.1) is 0 Å². The maximum Gasteiger partial charge on any atom is 0.264 e. The lowest BCUT2D eigenvalue weighted by Gasteiger charge is -2.11. The fourth-order valence-electron chi connectivity index (χ4n) is 1.36. The van der Waals surface area contributed by atoms with E-state index in [-0.39, 0.29) is 28.7 Å². The first-order valence-electron chi connectivity index (χ1n) is 5.32. The van der Waals surface area contributed by atoms with Crippen molar-refractivity contribution in [2.24, 2.45) is 0 Å². The zero-order valence-electron chi connectivity index (χ0n) is 10.8. The number of hydrogen-bond donors (Lipinski definition) is 1. The fraction of sp³-hybridized carbons (Fsp3) is 0.400. The molecule has 0 aliphatic heterocycles. The molecule has 0 radical (unpaired) electrons. The number of ether oxygens (including phenoxy) is 2. The molecule has 0 fully saturated rings. The topological polar surface area (TPSA) is 98.8 Å². The molecule has 0 bridgehead atoms. The molecule has 0 saturated carbocycles. The Kier molecular flexibility index (Phi) is 5.63. The molecular formula is C10H14ClNO6S2. The maximum atomic E-state index is 11.7. The first kappa shape index (κ1) is 17.0. The van der Waals surface area contributed by atoms with Crippen molar-refractivity contribution < 1.29 is 26.3 Å². The number of methoxy groups -OCH3 is 2. The predicted molar refractivity (Wildman–Crippen MR) is 75.3 cm³/mol. The average molecular weight is 344 g/mol. The fourth-order valence-corrected chi connectivity index (χ4v) is 3.33. The normalized spacial score (nSPS) is 12.2. The van der Waals surface area contributed by atoms with Crippen LogP contribution in [0.4, 0.5) is 5.69 Å². The van der Waals surface area contributed by atoms with Crippen LogP contribution in [0.15, 0.2) is 23.1 Å². The molecule has 0 aliphatic rings. The van der Waals surface area contributed by atoms with Crippen LogP contribution in [0.1, 0.15) is 0 Å². The minimum absolute atomic E-state index is 0.0423. The highest BCUT2D eigenvalue weighted by Gasteiger charge is 2.18. The van der Waals surface area contributed by atoms with Crippen molar-refractivity contribution in [3.8, 4) is 5.75 Å². The summed E-state index contributed by atoms with van der Waals surface area (Å²) in [6.07, 6.45) is 0. The van der Waals surface area contributed by atoms with Crippen LogP contribution in [0.3, 0.4) is 0 Å². The number of nitrogens with one attached hydrogen (secondary N) is 1. The molecule has 0 saturated heterocycles. The summed E-state index contributed by atoms with van der Waals surface area (Å²) in [5.74, 6) is -0.270. The Morgan fingerprint density at radius 1 is 1.20 bits per heavy atom. The number of anilines is 1. The highest BCUT2D eigenvalue weighted by Crippen LogP contribution is 2.30.